The summed E-state index contributed by atoms with van der Waals surface area (Å²) in [5, 5.41) is 11.7. The Morgan fingerprint density at radius 3 is 2.56 bits per heavy atom. The van der Waals surface area contributed by atoms with Gasteiger partial charge in [-0.15, -0.1) is 0 Å². The summed E-state index contributed by atoms with van der Waals surface area (Å²) in [4.78, 5) is 23.5. The number of urea groups is 1. The number of nitrogens with one attached hydrogen (secondary N) is 1. The Balaban J connectivity index is 3.95. The van der Waals surface area contributed by atoms with Crippen molar-refractivity contribution in [1.82, 2.24) is 10.2 Å². The van der Waals surface area contributed by atoms with Gasteiger partial charge in [0.25, 0.3) is 0 Å². The van der Waals surface area contributed by atoms with Gasteiger partial charge < -0.3 is 15.3 Å². The molecule has 0 aromatic heterocycles. The highest BCUT2D eigenvalue weighted by atomic mass is 32.2. The van der Waals surface area contributed by atoms with Crippen LogP contribution in [0.25, 0.3) is 0 Å². The lowest BCUT2D eigenvalue weighted by Crippen LogP contribution is -2.42. The normalized spacial score (nSPS) is 11.9. The van der Waals surface area contributed by atoms with Crippen LogP contribution in [0.4, 0.5) is 4.79 Å². The standard InChI is InChI=1S/C10H20N2O3S/c1-4-12(6-5-9(13)14)10(15)11-7-8(2)16-3/h8H,4-7H2,1-3H3,(H,11,15)(H,13,14). The molecule has 1 atom stereocenters. The summed E-state index contributed by atoms with van der Waals surface area (Å²) in [6.07, 6.45) is 1.97. The maximum absolute atomic E-state index is 11.6. The van der Waals surface area contributed by atoms with E-state index >= 15 is 0 Å². The van der Waals surface area contributed by atoms with Crippen LogP contribution in [0, 0.1) is 0 Å². The largest absolute Gasteiger partial charge is 0.481 e. The second-order valence-corrected chi connectivity index (χ2v) is 4.73. The third kappa shape index (κ3) is 6.55. The van der Waals surface area contributed by atoms with Gasteiger partial charge in [-0.25, -0.2) is 4.79 Å². The summed E-state index contributed by atoms with van der Waals surface area (Å²) in [5.41, 5.74) is 0. The number of nitrogens with zero attached hydrogens (tertiary/aromatic N) is 1. The Kier molecular flexibility index (Phi) is 7.80. The van der Waals surface area contributed by atoms with E-state index in [-0.39, 0.29) is 19.0 Å². The quantitative estimate of drug-likeness (QED) is 0.711. The number of carbonyl (C=O) groups excluding carboxylic acids is 1. The molecule has 0 aliphatic rings. The number of thioether (sulfide) groups is 1. The number of hydrogen-bond acceptors (Lipinski definition) is 3. The second-order valence-electron chi connectivity index (χ2n) is 3.46. The first-order valence-corrected chi connectivity index (χ1v) is 6.57. The van der Waals surface area contributed by atoms with E-state index in [2.05, 4.69) is 5.32 Å². The van der Waals surface area contributed by atoms with Gasteiger partial charge in [0.15, 0.2) is 0 Å². The van der Waals surface area contributed by atoms with Gasteiger partial charge in [0.2, 0.25) is 0 Å². The molecule has 2 amide bonds. The lowest BCUT2D eigenvalue weighted by atomic mass is 10.4. The third-order valence-corrected chi connectivity index (χ3v) is 3.18. The van der Waals surface area contributed by atoms with E-state index in [1.807, 2.05) is 20.1 Å². The minimum Gasteiger partial charge on any atom is -0.481 e. The molecule has 1 unspecified atom stereocenters. The molecule has 0 spiro atoms. The van der Waals surface area contributed by atoms with Gasteiger partial charge in [0.05, 0.1) is 6.42 Å². The van der Waals surface area contributed by atoms with Crippen molar-refractivity contribution in [3.05, 3.63) is 0 Å². The van der Waals surface area contributed by atoms with E-state index in [4.69, 9.17) is 5.11 Å². The van der Waals surface area contributed by atoms with Crippen LogP contribution in [0.5, 0.6) is 0 Å². The summed E-state index contributed by atoms with van der Waals surface area (Å²) in [6, 6.07) is -0.190. The summed E-state index contributed by atoms with van der Waals surface area (Å²) in [5.74, 6) is -0.885. The Hall–Kier alpha value is -0.910. The predicted octanol–water partition coefficient (Wildman–Crippen LogP) is 1.24. The van der Waals surface area contributed by atoms with E-state index in [1.165, 1.54) is 4.90 Å². The van der Waals surface area contributed by atoms with Crippen molar-refractivity contribution >= 4 is 23.8 Å². The molecule has 0 aromatic rings. The molecule has 0 aliphatic heterocycles. The Labute approximate surface area is 101 Å². The average molecular weight is 248 g/mol. The minimum absolute atomic E-state index is 0.0145. The molecule has 0 heterocycles. The van der Waals surface area contributed by atoms with Crippen molar-refractivity contribution in [2.75, 3.05) is 25.9 Å². The molecule has 0 bridgehead atoms. The second kappa shape index (κ2) is 8.27. The molecule has 0 aromatic carbocycles. The van der Waals surface area contributed by atoms with Crippen LogP contribution >= 0.6 is 11.8 Å². The Morgan fingerprint density at radius 2 is 2.12 bits per heavy atom. The number of rotatable bonds is 7. The molecule has 0 fully saturated rings. The van der Waals surface area contributed by atoms with Gasteiger partial charge >= 0.3 is 12.0 Å². The maximum atomic E-state index is 11.6. The fraction of sp³-hybridized carbons (Fsp3) is 0.800. The average Bonchev–Trinajstić information content (AvgIpc) is 2.26. The van der Waals surface area contributed by atoms with E-state index in [1.54, 1.807) is 11.8 Å². The summed E-state index contributed by atoms with van der Waals surface area (Å²) < 4.78 is 0. The molecular formula is C10H20N2O3S. The van der Waals surface area contributed by atoms with Crippen molar-refractivity contribution in [3.8, 4) is 0 Å². The lowest BCUT2D eigenvalue weighted by Gasteiger charge is -2.21. The third-order valence-electron chi connectivity index (χ3n) is 2.21. The van der Waals surface area contributed by atoms with E-state index in [9.17, 15) is 9.59 Å². The fourth-order valence-corrected chi connectivity index (χ4v) is 1.31. The van der Waals surface area contributed by atoms with Crippen LogP contribution in [0.3, 0.4) is 0 Å². The van der Waals surface area contributed by atoms with Crippen molar-refractivity contribution < 1.29 is 14.7 Å². The van der Waals surface area contributed by atoms with Crippen molar-refractivity contribution in [2.24, 2.45) is 0 Å². The summed E-state index contributed by atoms with van der Waals surface area (Å²) >= 11 is 1.68. The number of carbonyl (C=O) groups is 2. The first-order chi connectivity index (χ1) is 7.51. The molecule has 0 aliphatic carbocycles. The first kappa shape index (κ1) is 15.1. The number of carboxylic acids is 1. The van der Waals surface area contributed by atoms with Crippen LogP contribution in [-0.4, -0.2) is 53.1 Å². The molecule has 6 heteroatoms. The SMILES string of the molecule is CCN(CCC(=O)O)C(=O)NCC(C)SC. The van der Waals surface area contributed by atoms with Gasteiger partial charge in [-0.1, -0.05) is 6.92 Å². The molecule has 0 saturated heterocycles. The zero-order valence-corrected chi connectivity index (χ0v) is 10.8. The summed E-state index contributed by atoms with van der Waals surface area (Å²) in [6.45, 7) is 5.24. The predicted molar refractivity (Wildman–Crippen MR) is 65.9 cm³/mol. The van der Waals surface area contributed by atoms with Crippen molar-refractivity contribution in [1.29, 1.82) is 0 Å². The topological polar surface area (TPSA) is 69.6 Å². The molecule has 0 rings (SSSR count). The first-order valence-electron chi connectivity index (χ1n) is 5.28. The molecule has 94 valence electrons. The minimum atomic E-state index is -0.885. The highest BCUT2D eigenvalue weighted by molar-refractivity contribution is 7.99. The number of amides is 2. The van der Waals surface area contributed by atoms with Gasteiger partial charge in [0, 0.05) is 24.9 Å². The van der Waals surface area contributed by atoms with Crippen molar-refractivity contribution in [3.63, 3.8) is 0 Å². The zero-order chi connectivity index (χ0) is 12.6. The van der Waals surface area contributed by atoms with Crippen LogP contribution in [0.2, 0.25) is 0 Å². The van der Waals surface area contributed by atoms with Gasteiger partial charge in [-0.05, 0) is 13.2 Å². The Morgan fingerprint density at radius 1 is 1.50 bits per heavy atom. The van der Waals surface area contributed by atoms with Gasteiger partial charge in [-0.2, -0.15) is 11.8 Å². The molecular weight excluding hydrogens is 228 g/mol. The van der Waals surface area contributed by atoms with Crippen LogP contribution in [-0.2, 0) is 4.79 Å². The molecule has 0 saturated carbocycles. The molecule has 5 nitrogen and oxygen atoms in total. The van der Waals surface area contributed by atoms with Gasteiger partial charge in [0.1, 0.15) is 0 Å². The fourth-order valence-electron chi connectivity index (χ4n) is 1.06. The van der Waals surface area contributed by atoms with E-state index in [0.717, 1.165) is 0 Å². The monoisotopic (exact) mass is 248 g/mol. The van der Waals surface area contributed by atoms with E-state index < -0.39 is 5.97 Å². The highest BCUT2D eigenvalue weighted by Crippen LogP contribution is 2.03. The Bertz CT molecular complexity index is 236. The number of hydrogen-bond donors (Lipinski definition) is 2. The maximum Gasteiger partial charge on any atom is 0.317 e. The molecule has 16 heavy (non-hydrogen) atoms. The zero-order valence-electron chi connectivity index (χ0n) is 10.0. The number of aliphatic carboxylic acids is 1. The van der Waals surface area contributed by atoms with Crippen LogP contribution < -0.4 is 5.32 Å². The summed E-state index contributed by atoms with van der Waals surface area (Å²) in [7, 11) is 0. The smallest absolute Gasteiger partial charge is 0.317 e. The van der Waals surface area contributed by atoms with Crippen LogP contribution in [0.1, 0.15) is 20.3 Å². The van der Waals surface area contributed by atoms with E-state index in [0.29, 0.717) is 18.3 Å². The molecule has 2 N–H and O–H groups in total. The van der Waals surface area contributed by atoms with Gasteiger partial charge in [-0.3, -0.25) is 4.79 Å². The lowest BCUT2D eigenvalue weighted by molar-refractivity contribution is -0.137. The van der Waals surface area contributed by atoms with Crippen molar-refractivity contribution in [2.45, 2.75) is 25.5 Å². The highest BCUT2D eigenvalue weighted by Gasteiger charge is 2.13. The molecule has 0 radical (unpaired) electrons. The number of carboxylic acid groups (broad SMARTS) is 1. The van der Waals surface area contributed by atoms with Crippen LogP contribution in [0.15, 0.2) is 0 Å².